The lowest BCUT2D eigenvalue weighted by molar-refractivity contribution is -0.117. The zero-order chi connectivity index (χ0) is 11.7. The molecule has 0 aromatic heterocycles. The second kappa shape index (κ2) is 4.14. The predicted molar refractivity (Wildman–Crippen MR) is 63.9 cm³/mol. The lowest BCUT2D eigenvalue weighted by Gasteiger charge is -2.19. The molecule has 86 valence electrons. The summed E-state index contributed by atoms with van der Waals surface area (Å²) < 4.78 is 0. The quantitative estimate of drug-likeness (QED) is 0.812. The van der Waals surface area contributed by atoms with E-state index in [2.05, 4.69) is 0 Å². The number of amides is 1. The van der Waals surface area contributed by atoms with Gasteiger partial charge in [0.25, 0.3) is 0 Å². The number of anilines is 2. The summed E-state index contributed by atoms with van der Waals surface area (Å²) in [4.78, 5) is 15.2. The number of aliphatic hydroxyl groups excluding tert-OH is 1. The molecule has 0 bridgehead atoms. The highest BCUT2D eigenvalue weighted by Crippen LogP contribution is 2.30. The van der Waals surface area contributed by atoms with Crippen molar-refractivity contribution in [3.8, 4) is 0 Å². The van der Waals surface area contributed by atoms with Gasteiger partial charge in [0.05, 0.1) is 13.0 Å². The maximum atomic E-state index is 11.5. The summed E-state index contributed by atoms with van der Waals surface area (Å²) in [5.74, 6) is 0.136. The fraction of sp³-hybridized carbons (Fsp3) is 0.417. The molecule has 0 unspecified atom stereocenters. The molecular weight excluding hydrogens is 204 g/mol. The molecule has 4 nitrogen and oxygen atoms in total. The molecule has 0 radical (unpaired) electrons. The minimum absolute atomic E-state index is 0.131. The van der Waals surface area contributed by atoms with Crippen molar-refractivity contribution in [1.82, 2.24) is 0 Å². The molecule has 0 aliphatic carbocycles. The summed E-state index contributed by atoms with van der Waals surface area (Å²) in [5.41, 5.74) is 3.09. The molecule has 4 heteroatoms. The molecule has 1 aliphatic heterocycles. The highest BCUT2D eigenvalue weighted by molar-refractivity contribution is 6.01. The maximum absolute atomic E-state index is 11.5. The van der Waals surface area contributed by atoms with Gasteiger partial charge in [-0.2, -0.15) is 0 Å². The first-order chi connectivity index (χ1) is 7.63. The van der Waals surface area contributed by atoms with Crippen molar-refractivity contribution < 1.29 is 9.90 Å². The summed E-state index contributed by atoms with van der Waals surface area (Å²) in [6.45, 7) is 0.731. The number of aliphatic hydroxyl groups is 1. The summed E-state index contributed by atoms with van der Waals surface area (Å²) in [5, 5.41) is 8.87. The molecule has 0 fully saturated rings. The van der Waals surface area contributed by atoms with E-state index in [0.717, 1.165) is 16.9 Å². The maximum Gasteiger partial charge on any atom is 0.231 e. The zero-order valence-corrected chi connectivity index (χ0v) is 9.60. The molecule has 1 aromatic rings. The van der Waals surface area contributed by atoms with Gasteiger partial charge in [0.1, 0.15) is 0 Å². The van der Waals surface area contributed by atoms with Crippen molar-refractivity contribution in [1.29, 1.82) is 0 Å². The Balaban J connectivity index is 2.28. The van der Waals surface area contributed by atoms with Crippen LogP contribution in [-0.4, -0.2) is 38.3 Å². The summed E-state index contributed by atoms with van der Waals surface area (Å²) in [7, 11) is 3.73. The topological polar surface area (TPSA) is 43.8 Å². The highest BCUT2D eigenvalue weighted by Gasteiger charge is 2.24. The SMILES string of the molecule is CN(CCO)c1ccc2c(c1)CC(=O)N2C. The largest absolute Gasteiger partial charge is 0.395 e. The van der Waals surface area contributed by atoms with Crippen LogP contribution in [0, 0.1) is 0 Å². The van der Waals surface area contributed by atoms with Gasteiger partial charge in [-0.3, -0.25) is 4.79 Å². The van der Waals surface area contributed by atoms with E-state index in [4.69, 9.17) is 5.11 Å². The number of nitrogens with zero attached hydrogens (tertiary/aromatic N) is 2. The van der Waals surface area contributed by atoms with Gasteiger partial charge in [0, 0.05) is 32.0 Å². The van der Waals surface area contributed by atoms with Crippen LogP contribution in [0.3, 0.4) is 0 Å². The van der Waals surface area contributed by atoms with Crippen LogP contribution in [0.4, 0.5) is 11.4 Å². The molecule has 0 atom stereocenters. The number of carbonyl (C=O) groups excluding carboxylic acids is 1. The van der Waals surface area contributed by atoms with Crippen LogP contribution < -0.4 is 9.80 Å². The first-order valence-electron chi connectivity index (χ1n) is 5.35. The first kappa shape index (κ1) is 11.0. The molecule has 1 N–H and O–H groups in total. The van der Waals surface area contributed by atoms with Gasteiger partial charge in [0.2, 0.25) is 5.91 Å². The molecule has 1 aliphatic rings. The number of rotatable bonds is 3. The monoisotopic (exact) mass is 220 g/mol. The molecule has 0 spiro atoms. The Labute approximate surface area is 95.1 Å². The molecule has 1 amide bonds. The van der Waals surface area contributed by atoms with Gasteiger partial charge in [-0.25, -0.2) is 0 Å². The number of hydrogen-bond acceptors (Lipinski definition) is 3. The second-order valence-electron chi connectivity index (χ2n) is 4.09. The van der Waals surface area contributed by atoms with Crippen LogP contribution >= 0.6 is 0 Å². The standard InChI is InChI=1S/C12H16N2O2/c1-13(5-6-15)10-3-4-11-9(7-10)8-12(16)14(11)2/h3-4,7,15H,5-6,8H2,1-2H3. The van der Waals surface area contributed by atoms with Gasteiger partial charge in [-0.15, -0.1) is 0 Å². The average molecular weight is 220 g/mol. The van der Waals surface area contributed by atoms with Crippen molar-refractivity contribution in [2.24, 2.45) is 0 Å². The van der Waals surface area contributed by atoms with Crippen LogP contribution in [-0.2, 0) is 11.2 Å². The zero-order valence-electron chi connectivity index (χ0n) is 9.60. The minimum atomic E-state index is 0.131. The van der Waals surface area contributed by atoms with Crippen LogP contribution in [0.1, 0.15) is 5.56 Å². The molecule has 2 rings (SSSR count). The van der Waals surface area contributed by atoms with Crippen molar-refractivity contribution in [3.63, 3.8) is 0 Å². The van der Waals surface area contributed by atoms with Crippen molar-refractivity contribution >= 4 is 17.3 Å². The fourth-order valence-corrected chi connectivity index (χ4v) is 1.97. The Hall–Kier alpha value is -1.55. The van der Waals surface area contributed by atoms with Crippen LogP contribution in [0.2, 0.25) is 0 Å². The predicted octanol–water partition coefficient (Wildman–Crippen LogP) is 0.634. The van der Waals surface area contributed by atoms with Gasteiger partial charge in [0.15, 0.2) is 0 Å². The van der Waals surface area contributed by atoms with E-state index >= 15 is 0 Å². The third-order valence-corrected chi connectivity index (χ3v) is 3.02. The number of likely N-dealkylation sites (N-methyl/N-ethyl adjacent to an activating group) is 2. The Bertz CT molecular complexity index is 417. The van der Waals surface area contributed by atoms with E-state index in [1.807, 2.05) is 30.1 Å². The number of benzene rings is 1. The van der Waals surface area contributed by atoms with Gasteiger partial charge in [-0.05, 0) is 23.8 Å². The molecule has 1 aromatic carbocycles. The van der Waals surface area contributed by atoms with Gasteiger partial charge < -0.3 is 14.9 Å². The highest BCUT2D eigenvalue weighted by atomic mass is 16.3. The normalized spacial score (nSPS) is 14.2. The van der Waals surface area contributed by atoms with Crippen LogP contribution in [0.5, 0.6) is 0 Å². The van der Waals surface area contributed by atoms with E-state index in [9.17, 15) is 4.79 Å². The van der Waals surface area contributed by atoms with Crippen molar-refractivity contribution in [2.75, 3.05) is 37.0 Å². The Kier molecular flexibility index (Phi) is 2.83. The summed E-state index contributed by atoms with van der Waals surface area (Å²) in [6, 6.07) is 5.96. The number of fused-ring (bicyclic) bond motifs is 1. The van der Waals surface area contributed by atoms with E-state index in [0.29, 0.717) is 13.0 Å². The number of hydrogen-bond donors (Lipinski definition) is 1. The van der Waals surface area contributed by atoms with E-state index < -0.39 is 0 Å². The minimum Gasteiger partial charge on any atom is -0.395 e. The average Bonchev–Trinajstić information content (AvgIpc) is 2.55. The molecule has 1 heterocycles. The van der Waals surface area contributed by atoms with Gasteiger partial charge >= 0.3 is 0 Å². The molecule has 0 saturated heterocycles. The summed E-state index contributed by atoms with van der Waals surface area (Å²) >= 11 is 0. The first-order valence-corrected chi connectivity index (χ1v) is 5.35. The van der Waals surface area contributed by atoms with Crippen molar-refractivity contribution in [3.05, 3.63) is 23.8 Å². The molecule has 16 heavy (non-hydrogen) atoms. The third kappa shape index (κ3) is 1.76. The molecule has 0 saturated carbocycles. The lowest BCUT2D eigenvalue weighted by atomic mass is 10.1. The van der Waals surface area contributed by atoms with Gasteiger partial charge in [-0.1, -0.05) is 0 Å². The second-order valence-corrected chi connectivity index (χ2v) is 4.09. The Morgan fingerprint density at radius 3 is 2.94 bits per heavy atom. The lowest BCUT2D eigenvalue weighted by Crippen LogP contribution is -2.21. The van der Waals surface area contributed by atoms with Crippen LogP contribution in [0.15, 0.2) is 18.2 Å². The van der Waals surface area contributed by atoms with E-state index in [-0.39, 0.29) is 12.5 Å². The fourth-order valence-electron chi connectivity index (χ4n) is 1.97. The number of carbonyl (C=O) groups is 1. The molecular formula is C12H16N2O2. The summed E-state index contributed by atoms with van der Waals surface area (Å²) in [6.07, 6.45) is 0.479. The smallest absolute Gasteiger partial charge is 0.231 e. The Morgan fingerprint density at radius 1 is 1.50 bits per heavy atom. The van der Waals surface area contributed by atoms with E-state index in [1.165, 1.54) is 0 Å². The Morgan fingerprint density at radius 2 is 2.25 bits per heavy atom. The van der Waals surface area contributed by atoms with Crippen molar-refractivity contribution in [2.45, 2.75) is 6.42 Å². The third-order valence-electron chi connectivity index (χ3n) is 3.02. The van der Waals surface area contributed by atoms with Crippen LogP contribution in [0.25, 0.3) is 0 Å². The van der Waals surface area contributed by atoms with E-state index in [1.54, 1.807) is 11.9 Å².